The molecule has 0 saturated heterocycles. The lowest BCUT2D eigenvalue weighted by Gasteiger charge is -2.10. The first kappa shape index (κ1) is 20.7. The molecule has 0 radical (unpaired) electrons. The first-order valence-corrected chi connectivity index (χ1v) is 9.12. The molecule has 0 aliphatic heterocycles. The maximum Gasteiger partial charge on any atom is 0.343 e. The number of nitrogens with two attached hydrogens (primary N) is 1. The number of ether oxygens (including phenoxy) is 3. The number of hydrogen-bond acceptors (Lipinski definition) is 7. The normalized spacial score (nSPS) is 10.4. The van der Waals surface area contributed by atoms with Gasteiger partial charge in [0, 0.05) is 29.4 Å². The Bertz CT molecular complexity index is 1040. The number of rotatable bonds is 7. The third-order valence-electron chi connectivity index (χ3n) is 4.29. The van der Waals surface area contributed by atoms with Gasteiger partial charge in [0.2, 0.25) is 0 Å². The summed E-state index contributed by atoms with van der Waals surface area (Å²) in [6.07, 6.45) is 1.35. The second-order valence-electron chi connectivity index (χ2n) is 6.18. The highest BCUT2D eigenvalue weighted by Crippen LogP contribution is 2.26. The summed E-state index contributed by atoms with van der Waals surface area (Å²) in [5, 5.41) is 6.94. The van der Waals surface area contributed by atoms with Gasteiger partial charge in [-0.05, 0) is 31.2 Å². The fourth-order valence-corrected chi connectivity index (χ4v) is 2.77. The molecule has 3 rings (SSSR count). The van der Waals surface area contributed by atoms with E-state index >= 15 is 0 Å². The minimum atomic E-state index is -0.536. The molecule has 0 aliphatic carbocycles. The average Bonchev–Trinajstić information content (AvgIpc) is 3.15. The molecule has 9 heteroatoms. The van der Waals surface area contributed by atoms with Crippen LogP contribution in [0.4, 0.5) is 11.5 Å². The Morgan fingerprint density at radius 3 is 2.27 bits per heavy atom. The van der Waals surface area contributed by atoms with Crippen LogP contribution >= 0.6 is 0 Å². The summed E-state index contributed by atoms with van der Waals surface area (Å²) in [7, 11) is 3.07. The highest BCUT2D eigenvalue weighted by atomic mass is 16.5. The Morgan fingerprint density at radius 2 is 1.70 bits per heavy atom. The first-order chi connectivity index (χ1) is 14.5. The van der Waals surface area contributed by atoms with E-state index in [1.165, 1.54) is 25.1 Å². The first-order valence-electron chi connectivity index (χ1n) is 9.12. The molecule has 0 aliphatic rings. The molecule has 156 valence electrons. The molecule has 0 spiro atoms. The lowest BCUT2D eigenvalue weighted by atomic mass is 10.2. The molecule has 1 amide bonds. The van der Waals surface area contributed by atoms with E-state index in [9.17, 15) is 9.59 Å². The fourth-order valence-electron chi connectivity index (χ4n) is 2.77. The van der Waals surface area contributed by atoms with Crippen molar-refractivity contribution in [2.24, 2.45) is 0 Å². The summed E-state index contributed by atoms with van der Waals surface area (Å²) in [5.41, 5.74) is 7.77. The molecule has 0 bridgehead atoms. The largest absolute Gasteiger partial charge is 0.497 e. The van der Waals surface area contributed by atoms with E-state index in [0.717, 1.165) is 0 Å². The van der Waals surface area contributed by atoms with Gasteiger partial charge < -0.3 is 25.3 Å². The molecular formula is C21H22N4O5. The summed E-state index contributed by atoms with van der Waals surface area (Å²) in [5.74, 6) is 0.440. The molecule has 30 heavy (non-hydrogen) atoms. The average molecular weight is 410 g/mol. The Morgan fingerprint density at radius 1 is 1.07 bits per heavy atom. The van der Waals surface area contributed by atoms with Gasteiger partial charge in [0.15, 0.2) is 0 Å². The van der Waals surface area contributed by atoms with E-state index in [1.54, 1.807) is 49.4 Å². The minimum Gasteiger partial charge on any atom is -0.497 e. The SMILES string of the molecule is CCOC(=O)c1cnn(-c2ccc(C(=O)Nc3cc(OC)cc(OC)c3)cc2)c1N. The Balaban J connectivity index is 1.78. The molecule has 3 N–H and O–H groups in total. The monoisotopic (exact) mass is 410 g/mol. The lowest BCUT2D eigenvalue weighted by molar-refractivity contribution is 0.0527. The van der Waals surface area contributed by atoms with E-state index < -0.39 is 5.97 Å². The number of nitrogens with one attached hydrogen (secondary N) is 1. The fraction of sp³-hybridized carbons (Fsp3) is 0.190. The molecule has 1 heterocycles. The molecular weight excluding hydrogens is 388 g/mol. The molecule has 0 saturated carbocycles. The number of benzene rings is 2. The van der Waals surface area contributed by atoms with Gasteiger partial charge in [0.25, 0.3) is 5.91 Å². The van der Waals surface area contributed by atoms with Crippen molar-refractivity contribution in [1.29, 1.82) is 0 Å². The summed E-state index contributed by atoms with van der Waals surface area (Å²) in [6, 6.07) is 11.7. The van der Waals surface area contributed by atoms with Crippen LogP contribution in [0, 0.1) is 0 Å². The van der Waals surface area contributed by atoms with Crippen LogP contribution in [0.15, 0.2) is 48.7 Å². The standard InChI is InChI=1S/C21H22N4O5/c1-4-30-21(27)18-12-23-25(19(18)22)15-7-5-13(6-8-15)20(26)24-14-9-16(28-2)11-17(10-14)29-3/h5-12H,4,22H2,1-3H3,(H,24,26). The third-order valence-corrected chi connectivity index (χ3v) is 4.29. The minimum absolute atomic E-state index is 0.161. The Kier molecular flexibility index (Phi) is 6.21. The summed E-state index contributed by atoms with van der Waals surface area (Å²) < 4.78 is 16.8. The van der Waals surface area contributed by atoms with Crippen molar-refractivity contribution in [3.05, 3.63) is 59.8 Å². The van der Waals surface area contributed by atoms with Gasteiger partial charge >= 0.3 is 5.97 Å². The number of nitrogen functional groups attached to an aromatic ring is 1. The third kappa shape index (κ3) is 4.35. The van der Waals surface area contributed by atoms with Crippen LogP contribution < -0.4 is 20.5 Å². The van der Waals surface area contributed by atoms with E-state index in [-0.39, 0.29) is 23.9 Å². The van der Waals surface area contributed by atoms with Gasteiger partial charge in [-0.1, -0.05) is 0 Å². The second-order valence-corrected chi connectivity index (χ2v) is 6.18. The van der Waals surface area contributed by atoms with Gasteiger partial charge in [0.1, 0.15) is 22.9 Å². The van der Waals surface area contributed by atoms with Gasteiger partial charge in [-0.2, -0.15) is 5.10 Å². The lowest BCUT2D eigenvalue weighted by Crippen LogP contribution is -2.12. The zero-order chi connectivity index (χ0) is 21.7. The molecule has 0 atom stereocenters. The number of methoxy groups -OCH3 is 2. The maximum absolute atomic E-state index is 12.6. The predicted octanol–water partition coefficient (Wildman–Crippen LogP) is 2.90. The van der Waals surface area contributed by atoms with Crippen LogP contribution in [0.5, 0.6) is 11.5 Å². The van der Waals surface area contributed by atoms with Gasteiger partial charge in [-0.15, -0.1) is 0 Å². The highest BCUT2D eigenvalue weighted by molar-refractivity contribution is 6.04. The number of amides is 1. The zero-order valence-corrected chi connectivity index (χ0v) is 16.8. The number of hydrogen-bond donors (Lipinski definition) is 2. The van der Waals surface area contributed by atoms with Crippen LogP contribution in [0.1, 0.15) is 27.6 Å². The molecule has 0 unspecified atom stereocenters. The van der Waals surface area contributed by atoms with Crippen LogP contribution in [0.3, 0.4) is 0 Å². The van der Waals surface area contributed by atoms with Crippen molar-refractivity contribution >= 4 is 23.4 Å². The second kappa shape index (κ2) is 8.99. The number of nitrogens with zero attached hydrogens (tertiary/aromatic N) is 2. The van der Waals surface area contributed by atoms with Gasteiger partial charge in [-0.3, -0.25) is 4.79 Å². The molecule has 0 fully saturated rings. The summed E-state index contributed by atoms with van der Waals surface area (Å²) in [6.45, 7) is 1.95. The van der Waals surface area contributed by atoms with Crippen molar-refractivity contribution in [3.63, 3.8) is 0 Å². The number of carbonyl (C=O) groups is 2. The number of esters is 1. The summed E-state index contributed by atoms with van der Waals surface area (Å²) in [4.78, 5) is 24.5. The van der Waals surface area contributed by atoms with Crippen molar-refractivity contribution < 1.29 is 23.8 Å². The number of carbonyl (C=O) groups excluding carboxylic acids is 2. The van der Waals surface area contributed by atoms with Crippen molar-refractivity contribution in [2.75, 3.05) is 31.9 Å². The Hall–Kier alpha value is -4.01. The molecule has 3 aromatic rings. The van der Waals surface area contributed by atoms with Crippen molar-refractivity contribution in [1.82, 2.24) is 9.78 Å². The Labute approximate surface area is 173 Å². The smallest absolute Gasteiger partial charge is 0.343 e. The van der Waals surface area contributed by atoms with Crippen LogP contribution in [0.25, 0.3) is 5.69 Å². The molecule has 1 aromatic heterocycles. The van der Waals surface area contributed by atoms with E-state index in [4.69, 9.17) is 19.9 Å². The maximum atomic E-state index is 12.6. The van der Waals surface area contributed by atoms with Crippen molar-refractivity contribution in [3.8, 4) is 17.2 Å². The topological polar surface area (TPSA) is 118 Å². The van der Waals surface area contributed by atoms with E-state index in [0.29, 0.717) is 28.4 Å². The van der Waals surface area contributed by atoms with E-state index in [1.807, 2.05) is 0 Å². The van der Waals surface area contributed by atoms with Gasteiger partial charge in [-0.25, -0.2) is 9.48 Å². The quantitative estimate of drug-likeness (QED) is 0.575. The van der Waals surface area contributed by atoms with Gasteiger partial charge in [0.05, 0.1) is 32.7 Å². The number of aromatic nitrogens is 2. The van der Waals surface area contributed by atoms with E-state index in [2.05, 4.69) is 10.4 Å². The summed E-state index contributed by atoms with van der Waals surface area (Å²) >= 11 is 0. The zero-order valence-electron chi connectivity index (χ0n) is 16.8. The van der Waals surface area contributed by atoms with Crippen LogP contribution in [-0.2, 0) is 4.74 Å². The highest BCUT2D eigenvalue weighted by Gasteiger charge is 2.17. The molecule has 9 nitrogen and oxygen atoms in total. The molecule has 2 aromatic carbocycles. The van der Waals surface area contributed by atoms with Crippen LogP contribution in [-0.4, -0.2) is 42.5 Å². The predicted molar refractivity (Wildman–Crippen MR) is 111 cm³/mol. The number of anilines is 2. The van der Waals surface area contributed by atoms with Crippen LogP contribution in [0.2, 0.25) is 0 Å². The van der Waals surface area contributed by atoms with Crippen molar-refractivity contribution in [2.45, 2.75) is 6.92 Å².